The van der Waals surface area contributed by atoms with Gasteiger partial charge < -0.3 is 4.42 Å². The third-order valence-electron chi connectivity index (χ3n) is 3.26. The van der Waals surface area contributed by atoms with Crippen molar-refractivity contribution in [3.8, 4) is 6.07 Å². The van der Waals surface area contributed by atoms with Gasteiger partial charge in [0.05, 0.1) is 17.5 Å². The minimum absolute atomic E-state index is 0.618. The third-order valence-corrected chi connectivity index (χ3v) is 4.45. The number of thiazole rings is 1. The third kappa shape index (κ3) is 2.73. The van der Waals surface area contributed by atoms with Gasteiger partial charge in [0.25, 0.3) is 0 Å². The fourth-order valence-electron chi connectivity index (χ4n) is 2.25. The molecule has 0 atom stereocenters. The molecule has 1 aliphatic rings. The molecule has 100 valence electrons. The molecule has 0 saturated carbocycles. The van der Waals surface area contributed by atoms with E-state index in [0.29, 0.717) is 5.57 Å². The number of hydrogen-bond acceptors (Lipinski definition) is 4. The molecule has 0 unspecified atom stereocenters. The highest BCUT2D eigenvalue weighted by molar-refractivity contribution is 7.13. The summed E-state index contributed by atoms with van der Waals surface area (Å²) in [5, 5.41) is 10.1. The summed E-state index contributed by atoms with van der Waals surface area (Å²) in [4.78, 5) is 5.96. The van der Waals surface area contributed by atoms with Crippen molar-refractivity contribution in [2.24, 2.45) is 0 Å². The number of rotatable bonds is 3. The van der Waals surface area contributed by atoms with Crippen molar-refractivity contribution in [1.29, 1.82) is 5.26 Å². The van der Waals surface area contributed by atoms with Crippen molar-refractivity contribution < 1.29 is 4.42 Å². The van der Waals surface area contributed by atoms with E-state index < -0.39 is 0 Å². The first-order valence-corrected chi connectivity index (χ1v) is 7.49. The fraction of sp³-hybridized carbons (Fsp3) is 0.250. The van der Waals surface area contributed by atoms with Crippen LogP contribution in [0.25, 0.3) is 11.6 Å². The molecular weight excluding hydrogens is 268 g/mol. The van der Waals surface area contributed by atoms with Gasteiger partial charge in [-0.2, -0.15) is 5.26 Å². The zero-order valence-corrected chi connectivity index (χ0v) is 11.8. The molecule has 0 aromatic carbocycles. The Morgan fingerprint density at radius 2 is 2.30 bits per heavy atom. The molecule has 3 rings (SSSR count). The zero-order valence-electron chi connectivity index (χ0n) is 11.0. The molecule has 1 aliphatic carbocycles. The quantitative estimate of drug-likeness (QED) is 0.625. The van der Waals surface area contributed by atoms with Gasteiger partial charge in [-0.1, -0.05) is 6.08 Å². The Kier molecular flexibility index (Phi) is 3.80. The molecule has 0 bridgehead atoms. The largest absolute Gasteiger partial charge is 0.465 e. The van der Waals surface area contributed by atoms with Gasteiger partial charge in [-0.05, 0) is 50.0 Å². The smallest absolute Gasteiger partial charge is 0.134 e. The Morgan fingerprint density at radius 1 is 1.40 bits per heavy atom. The number of fused-ring (bicyclic) bond motifs is 1. The molecule has 2 aromatic rings. The standard InChI is InChI=1S/C16H14N2OS/c17-11-12(5-3-6-13-7-4-10-19-13)16-18-14-8-1-2-9-15(14)20-16/h3-7,10H,1-2,8-9H2/b6-3+,12-5-. The van der Waals surface area contributed by atoms with Crippen LogP contribution >= 0.6 is 11.3 Å². The maximum absolute atomic E-state index is 9.29. The van der Waals surface area contributed by atoms with Crippen LogP contribution in [0.1, 0.15) is 34.2 Å². The average Bonchev–Trinajstić information content (AvgIpc) is 3.12. The molecule has 0 amide bonds. The average molecular weight is 282 g/mol. The Hall–Kier alpha value is -2.12. The number of nitrogens with zero attached hydrogens (tertiary/aromatic N) is 2. The van der Waals surface area contributed by atoms with Crippen molar-refractivity contribution in [3.05, 3.63) is 51.9 Å². The molecular formula is C16H14N2OS. The Balaban J connectivity index is 1.82. The van der Waals surface area contributed by atoms with Gasteiger partial charge in [-0.3, -0.25) is 0 Å². The monoisotopic (exact) mass is 282 g/mol. The van der Waals surface area contributed by atoms with E-state index in [-0.39, 0.29) is 0 Å². The lowest BCUT2D eigenvalue weighted by atomic mass is 10.0. The van der Waals surface area contributed by atoms with Crippen LogP contribution in [0.15, 0.2) is 35.0 Å². The molecule has 3 nitrogen and oxygen atoms in total. The maximum atomic E-state index is 9.29. The molecule has 0 spiro atoms. The van der Waals surface area contributed by atoms with Crippen LogP contribution in [0.2, 0.25) is 0 Å². The summed E-state index contributed by atoms with van der Waals surface area (Å²) in [7, 11) is 0. The van der Waals surface area contributed by atoms with Crippen LogP contribution in [0.5, 0.6) is 0 Å². The van der Waals surface area contributed by atoms with E-state index in [9.17, 15) is 5.26 Å². The summed E-state index contributed by atoms with van der Waals surface area (Å²) in [5.41, 5.74) is 1.81. The number of allylic oxidation sites excluding steroid dienone is 3. The second-order valence-corrected chi connectivity index (χ2v) is 5.75. The molecule has 2 aromatic heterocycles. The second-order valence-electron chi connectivity index (χ2n) is 4.66. The minimum Gasteiger partial charge on any atom is -0.465 e. The van der Waals surface area contributed by atoms with E-state index in [0.717, 1.165) is 23.6 Å². The highest BCUT2D eigenvalue weighted by atomic mass is 32.1. The topological polar surface area (TPSA) is 49.8 Å². The Bertz CT molecular complexity index is 663. The number of aromatic nitrogens is 1. The van der Waals surface area contributed by atoms with Gasteiger partial charge in [0.15, 0.2) is 0 Å². The van der Waals surface area contributed by atoms with Crippen LogP contribution in [0.3, 0.4) is 0 Å². The SMILES string of the molecule is N#C/C(=C/C=C/c1ccco1)c1nc2c(s1)CCCC2. The lowest BCUT2D eigenvalue weighted by Crippen LogP contribution is -1.99. The fourth-order valence-corrected chi connectivity index (χ4v) is 3.37. The van der Waals surface area contributed by atoms with Crippen molar-refractivity contribution in [1.82, 2.24) is 4.98 Å². The molecule has 0 saturated heterocycles. The van der Waals surface area contributed by atoms with Crippen molar-refractivity contribution in [2.75, 3.05) is 0 Å². The Morgan fingerprint density at radius 3 is 3.05 bits per heavy atom. The van der Waals surface area contributed by atoms with E-state index in [1.165, 1.54) is 23.4 Å². The second kappa shape index (κ2) is 5.89. The van der Waals surface area contributed by atoms with Crippen LogP contribution in [0.4, 0.5) is 0 Å². The minimum atomic E-state index is 0.618. The normalized spacial score (nSPS) is 15.2. The molecule has 2 heterocycles. The first kappa shape index (κ1) is 12.9. The van der Waals surface area contributed by atoms with Crippen molar-refractivity contribution in [2.45, 2.75) is 25.7 Å². The molecule has 0 radical (unpaired) electrons. The van der Waals surface area contributed by atoms with Crippen molar-refractivity contribution in [3.63, 3.8) is 0 Å². The summed E-state index contributed by atoms with van der Waals surface area (Å²) >= 11 is 1.66. The molecule has 0 fully saturated rings. The molecule has 20 heavy (non-hydrogen) atoms. The molecule has 0 N–H and O–H groups in total. The van der Waals surface area contributed by atoms with Gasteiger partial charge in [0.2, 0.25) is 0 Å². The van der Waals surface area contributed by atoms with Gasteiger partial charge in [0.1, 0.15) is 16.8 Å². The summed E-state index contributed by atoms with van der Waals surface area (Å²) < 4.78 is 5.21. The maximum Gasteiger partial charge on any atom is 0.134 e. The number of furan rings is 1. The van der Waals surface area contributed by atoms with Crippen molar-refractivity contribution >= 4 is 23.0 Å². The van der Waals surface area contributed by atoms with Crippen LogP contribution in [0, 0.1) is 11.3 Å². The lowest BCUT2D eigenvalue weighted by Gasteiger charge is -2.06. The van der Waals surface area contributed by atoms with Gasteiger partial charge in [-0.25, -0.2) is 4.98 Å². The predicted molar refractivity (Wildman–Crippen MR) is 80.1 cm³/mol. The summed E-state index contributed by atoms with van der Waals surface area (Å²) in [5.74, 6) is 0.775. The molecule has 4 heteroatoms. The number of aryl methyl sites for hydroxylation is 2. The van der Waals surface area contributed by atoms with E-state index >= 15 is 0 Å². The highest BCUT2D eigenvalue weighted by Gasteiger charge is 2.16. The number of nitriles is 1. The Labute approximate surface area is 121 Å². The van der Waals surface area contributed by atoms with Crippen LogP contribution in [-0.2, 0) is 12.8 Å². The van der Waals surface area contributed by atoms with E-state index in [1.54, 1.807) is 23.7 Å². The van der Waals surface area contributed by atoms with E-state index in [4.69, 9.17) is 4.42 Å². The van der Waals surface area contributed by atoms with Gasteiger partial charge >= 0.3 is 0 Å². The zero-order chi connectivity index (χ0) is 13.8. The first-order valence-electron chi connectivity index (χ1n) is 6.68. The van der Waals surface area contributed by atoms with Crippen LogP contribution < -0.4 is 0 Å². The van der Waals surface area contributed by atoms with E-state index in [2.05, 4.69) is 11.1 Å². The van der Waals surface area contributed by atoms with Gasteiger partial charge in [-0.15, -0.1) is 11.3 Å². The predicted octanol–water partition coefficient (Wildman–Crippen LogP) is 4.24. The summed E-state index contributed by atoms with van der Waals surface area (Å²) in [6.07, 6.45) is 11.7. The van der Waals surface area contributed by atoms with E-state index in [1.807, 2.05) is 24.3 Å². The first-order chi connectivity index (χ1) is 9.86. The number of hydrogen-bond donors (Lipinski definition) is 0. The lowest BCUT2D eigenvalue weighted by molar-refractivity contribution is 0.557. The summed E-state index contributed by atoms with van der Waals surface area (Å²) in [6.45, 7) is 0. The summed E-state index contributed by atoms with van der Waals surface area (Å²) in [6, 6.07) is 5.95. The highest BCUT2D eigenvalue weighted by Crippen LogP contribution is 2.30. The van der Waals surface area contributed by atoms with Gasteiger partial charge in [0, 0.05) is 4.88 Å². The molecule has 0 aliphatic heterocycles. The van der Waals surface area contributed by atoms with Crippen LogP contribution in [-0.4, -0.2) is 4.98 Å².